The summed E-state index contributed by atoms with van der Waals surface area (Å²) >= 11 is 0. The monoisotopic (exact) mass is 535 g/mol. The minimum absolute atomic E-state index is 1.99. The molecule has 151 valence electrons. The first-order chi connectivity index (χ1) is 12.4. The Kier molecular flexibility index (Phi) is 7.98. The van der Waals surface area contributed by atoms with Crippen LogP contribution in [0.4, 0.5) is 0 Å². The second-order valence-electron chi connectivity index (χ2n) is 7.11. The Labute approximate surface area is 172 Å². The second-order valence-corrected chi connectivity index (χ2v) is 28.1. The predicted molar refractivity (Wildman–Crippen MR) is 101 cm³/mol. The lowest BCUT2D eigenvalue weighted by atomic mass is 11.8. The van der Waals surface area contributed by atoms with Crippen LogP contribution in [-0.4, -0.2) is 88.1 Å². The van der Waals surface area contributed by atoms with Crippen LogP contribution in [0.3, 0.4) is 0 Å². The van der Waals surface area contributed by atoms with Crippen LogP contribution < -0.4 is 0 Å². The largest absolute Gasteiger partial charge is 0.558 e. The van der Waals surface area contributed by atoms with E-state index in [1.54, 1.807) is 0 Å². The first-order valence-corrected chi connectivity index (χ1v) is 23.1. The number of rotatable bonds is 4. The molecule has 3 rings (SSSR count). The molecule has 3 aliphatic heterocycles. The third-order valence-corrected chi connectivity index (χ3v) is 20.6. The molecule has 0 spiro atoms. The van der Waals surface area contributed by atoms with E-state index >= 15 is 0 Å². The van der Waals surface area contributed by atoms with E-state index in [0.29, 0.717) is 0 Å². The van der Waals surface area contributed by atoms with E-state index in [1.165, 1.54) is 0 Å². The summed E-state index contributed by atoms with van der Waals surface area (Å²) in [5.41, 5.74) is 0. The van der Waals surface area contributed by atoms with Gasteiger partial charge in [-0.25, -0.2) is 0 Å². The molecule has 7 radical (unpaired) electrons. The molecule has 0 unspecified atom stereocenters. The van der Waals surface area contributed by atoms with Crippen molar-refractivity contribution in [2.24, 2.45) is 0 Å². The third kappa shape index (κ3) is 7.91. The zero-order valence-electron chi connectivity index (χ0n) is 15.4. The van der Waals surface area contributed by atoms with Crippen molar-refractivity contribution in [2.45, 2.75) is 39.3 Å². The summed E-state index contributed by atoms with van der Waals surface area (Å²) < 4.78 is 63.2. The van der Waals surface area contributed by atoms with Crippen molar-refractivity contribution in [3.63, 3.8) is 0 Å². The van der Waals surface area contributed by atoms with Crippen molar-refractivity contribution in [1.29, 1.82) is 0 Å². The summed E-state index contributed by atoms with van der Waals surface area (Å²) in [6, 6.07) is 0. The van der Waals surface area contributed by atoms with Gasteiger partial charge in [-0.05, 0) is 39.3 Å². The molecule has 0 aliphatic carbocycles. The Hall–Kier alpha value is 1.47. The normalized spacial score (nSPS) is 27.2. The van der Waals surface area contributed by atoms with Gasteiger partial charge in [0.2, 0.25) is 0 Å². The molecule has 4 bridgehead atoms. The number of fused-ring (bicyclic) bond motifs is 3. The van der Waals surface area contributed by atoms with Crippen LogP contribution >= 0.6 is 0 Å². The topological polar surface area (TPSA) is 122 Å². The van der Waals surface area contributed by atoms with Crippen molar-refractivity contribution in [3.8, 4) is 0 Å². The fraction of sp³-hybridized carbons (Fsp3) is 1.00. The Morgan fingerprint density at radius 3 is 1.15 bits per heavy atom. The molecule has 3 aliphatic rings. The summed E-state index contributed by atoms with van der Waals surface area (Å²) in [5, 5.41) is 0. The average Bonchev–Trinajstić information content (AvgIpc) is 2.37. The van der Waals surface area contributed by atoms with Gasteiger partial charge in [0, 0.05) is 0 Å². The van der Waals surface area contributed by atoms with Crippen molar-refractivity contribution < 1.29 is 50.1 Å². The van der Waals surface area contributed by atoms with E-state index in [1.807, 2.05) is 39.3 Å². The smallest absolute Gasteiger partial charge is 0.415 e. The van der Waals surface area contributed by atoms with Gasteiger partial charge in [0.1, 0.15) is 0 Å². The van der Waals surface area contributed by atoms with E-state index in [9.17, 15) is 4.80 Å². The van der Waals surface area contributed by atoms with Gasteiger partial charge in [-0.1, -0.05) is 0 Å². The molecule has 21 heteroatoms. The molecule has 12 nitrogen and oxygen atoms in total. The van der Waals surface area contributed by atoms with Gasteiger partial charge in [-0.15, -0.1) is 0 Å². The van der Waals surface area contributed by atoms with Gasteiger partial charge in [-0.2, -0.15) is 0 Å². The highest BCUT2D eigenvalue weighted by atomic mass is 28.6. The highest BCUT2D eigenvalue weighted by Crippen LogP contribution is 2.21. The van der Waals surface area contributed by atoms with Crippen LogP contribution in [-0.2, 0) is 45.3 Å². The lowest BCUT2D eigenvalue weighted by Crippen LogP contribution is -2.63. The molecule has 0 atom stereocenters. The first kappa shape index (κ1) is 23.1. The van der Waals surface area contributed by atoms with E-state index in [2.05, 4.69) is 0 Å². The standard InChI is InChI=1S/C6H19O12Si9/c1-26(2,3)17-24-13-20-8-19(7)9-21-11-22(10-20)12-23(15-24)16-25(14-21)18-27(4,5)6/h7H,1-6H3. The molecular formula is C6H19O12Si9. The zero-order valence-corrected chi connectivity index (χ0v) is 24.4. The molecule has 0 amide bonds. The highest BCUT2D eigenvalue weighted by molar-refractivity contribution is 6.82. The summed E-state index contributed by atoms with van der Waals surface area (Å²) in [4.78, 5) is 10.1. The van der Waals surface area contributed by atoms with Crippen LogP contribution in [0.25, 0.3) is 0 Å². The van der Waals surface area contributed by atoms with Gasteiger partial charge in [0.15, 0.2) is 16.6 Å². The lowest BCUT2D eigenvalue weighted by Gasteiger charge is -2.36. The Morgan fingerprint density at radius 1 is 0.519 bits per heavy atom. The number of hydrogen-bond donors (Lipinski definition) is 1. The van der Waals surface area contributed by atoms with Crippen LogP contribution in [0.2, 0.25) is 39.3 Å². The maximum atomic E-state index is 10.1. The van der Waals surface area contributed by atoms with Crippen LogP contribution in [0, 0.1) is 0 Å². The minimum atomic E-state index is -2.72. The number of hydrogen-bond acceptors (Lipinski definition) is 12. The molecule has 3 saturated heterocycles. The molecule has 0 saturated carbocycles. The summed E-state index contributed by atoms with van der Waals surface area (Å²) in [6.45, 7) is 12.0. The van der Waals surface area contributed by atoms with Gasteiger partial charge in [0.25, 0.3) is 0 Å². The Bertz CT molecular complexity index is 463. The fourth-order valence-electron chi connectivity index (χ4n) is 1.51. The minimum Gasteiger partial charge on any atom is -0.415 e. The first-order valence-electron chi connectivity index (χ1n) is 7.71. The average molecular weight is 536 g/mol. The van der Waals surface area contributed by atoms with E-state index in [4.69, 9.17) is 45.3 Å². The van der Waals surface area contributed by atoms with Gasteiger partial charge in [-0.3, -0.25) is 0 Å². The molecule has 3 heterocycles. The van der Waals surface area contributed by atoms with Gasteiger partial charge >= 0.3 is 66.7 Å². The summed E-state index contributed by atoms with van der Waals surface area (Å²) in [7, 11) is -20.9. The van der Waals surface area contributed by atoms with Crippen LogP contribution in [0.5, 0.6) is 0 Å². The van der Waals surface area contributed by atoms with Crippen molar-refractivity contribution in [3.05, 3.63) is 0 Å². The quantitative estimate of drug-likeness (QED) is 0.434. The Morgan fingerprint density at radius 2 is 0.815 bits per heavy atom. The molecular weight excluding hydrogens is 517 g/mol. The molecule has 0 aromatic carbocycles. The van der Waals surface area contributed by atoms with Gasteiger partial charge in [0.05, 0.1) is 0 Å². The lowest BCUT2D eigenvalue weighted by molar-refractivity contribution is 0.0798. The predicted octanol–water partition coefficient (Wildman–Crippen LogP) is -1.23. The fourth-order valence-corrected chi connectivity index (χ4v) is 20.8. The summed E-state index contributed by atoms with van der Waals surface area (Å²) in [6.07, 6.45) is 0. The van der Waals surface area contributed by atoms with Crippen molar-refractivity contribution in [2.75, 3.05) is 0 Å². The van der Waals surface area contributed by atoms with Crippen LogP contribution in [0.1, 0.15) is 0 Å². The van der Waals surface area contributed by atoms with E-state index in [-0.39, 0.29) is 0 Å². The zero-order chi connectivity index (χ0) is 19.8. The SMILES string of the molecule is C[Si](C)(C)O[Si]1O[Si]2O[Si](O)O[Si]3O[Si](O2)O[Si](O1)O[Si](O[Si](C)(C)C)O3. The Balaban J connectivity index is 1.82. The maximum absolute atomic E-state index is 10.1. The highest BCUT2D eigenvalue weighted by Gasteiger charge is 2.55. The third-order valence-electron chi connectivity index (χ3n) is 2.29. The molecule has 1 N–H and O–H groups in total. The maximum Gasteiger partial charge on any atom is 0.558 e. The summed E-state index contributed by atoms with van der Waals surface area (Å²) in [5.74, 6) is 0. The molecule has 0 aromatic rings. The van der Waals surface area contributed by atoms with Crippen molar-refractivity contribution >= 4 is 83.3 Å². The second kappa shape index (κ2) is 9.31. The van der Waals surface area contributed by atoms with E-state index < -0.39 is 83.3 Å². The molecule has 0 aromatic heterocycles. The molecule has 27 heavy (non-hydrogen) atoms. The van der Waals surface area contributed by atoms with Crippen molar-refractivity contribution in [1.82, 2.24) is 0 Å². The molecule has 3 fully saturated rings. The van der Waals surface area contributed by atoms with Crippen LogP contribution in [0.15, 0.2) is 0 Å². The van der Waals surface area contributed by atoms with Gasteiger partial charge < -0.3 is 50.1 Å². The van der Waals surface area contributed by atoms with E-state index in [0.717, 1.165) is 0 Å².